The van der Waals surface area contributed by atoms with E-state index < -0.39 is 0 Å². The van der Waals surface area contributed by atoms with Crippen LogP contribution in [0.15, 0.2) is 53.9 Å². The maximum absolute atomic E-state index is 12.4. The first-order valence-electron chi connectivity index (χ1n) is 6.40. The lowest BCUT2D eigenvalue weighted by Crippen LogP contribution is -2.02. The van der Waals surface area contributed by atoms with Gasteiger partial charge in [-0.15, -0.1) is 11.3 Å². The maximum atomic E-state index is 12.4. The maximum Gasteiger partial charge on any atom is 0.339 e. The molecule has 3 rings (SSSR count). The number of benzene rings is 2. The molecule has 1 heterocycles. The van der Waals surface area contributed by atoms with Crippen LogP contribution in [-0.2, 0) is 4.74 Å². The molecule has 0 unspecified atom stereocenters. The molecule has 0 aliphatic heterocycles. The molecule has 0 radical (unpaired) electrons. The number of rotatable bonds is 3. The lowest BCUT2D eigenvalue weighted by Gasteiger charge is -2.02. The Kier molecular flexibility index (Phi) is 3.54. The molecule has 0 aliphatic carbocycles. The van der Waals surface area contributed by atoms with E-state index >= 15 is 0 Å². The average molecular weight is 296 g/mol. The summed E-state index contributed by atoms with van der Waals surface area (Å²) in [6, 6.07) is 14.5. The molecule has 0 amide bonds. The second-order valence-corrected chi connectivity index (χ2v) is 5.46. The molecule has 0 bridgehead atoms. The molecule has 0 aliphatic rings. The lowest BCUT2D eigenvalue weighted by atomic mass is 10.0. The van der Waals surface area contributed by atoms with Crippen molar-refractivity contribution in [2.45, 2.75) is 0 Å². The molecule has 0 spiro atoms. The van der Waals surface area contributed by atoms with E-state index in [9.17, 15) is 9.59 Å². The van der Waals surface area contributed by atoms with E-state index in [1.807, 2.05) is 24.3 Å². The molecule has 1 aromatic heterocycles. The second-order valence-electron chi connectivity index (χ2n) is 4.55. The predicted molar refractivity (Wildman–Crippen MR) is 83.0 cm³/mol. The number of methoxy groups -OCH3 is 1. The normalized spacial score (nSPS) is 10.5. The van der Waals surface area contributed by atoms with Crippen LogP contribution in [-0.4, -0.2) is 18.9 Å². The van der Waals surface area contributed by atoms with E-state index in [0.29, 0.717) is 16.7 Å². The fourth-order valence-corrected chi connectivity index (χ4v) is 3.11. The first-order chi connectivity index (χ1) is 10.2. The van der Waals surface area contributed by atoms with Gasteiger partial charge < -0.3 is 4.74 Å². The first-order valence-corrected chi connectivity index (χ1v) is 7.28. The van der Waals surface area contributed by atoms with Crippen molar-refractivity contribution in [2.75, 3.05) is 7.11 Å². The molecule has 0 N–H and O–H groups in total. The third-order valence-electron chi connectivity index (χ3n) is 3.28. The summed E-state index contributed by atoms with van der Waals surface area (Å²) in [5, 5.41) is 2.52. The van der Waals surface area contributed by atoms with Gasteiger partial charge in [-0.3, -0.25) is 4.79 Å². The van der Waals surface area contributed by atoms with Gasteiger partial charge in [-0.25, -0.2) is 4.79 Å². The smallest absolute Gasteiger partial charge is 0.339 e. The molecular formula is C17H12O3S. The number of carbonyl (C=O) groups excluding carboxylic acids is 2. The summed E-state index contributed by atoms with van der Waals surface area (Å²) in [5.41, 5.74) is 1.70. The topological polar surface area (TPSA) is 43.4 Å². The molecule has 2 aromatic carbocycles. The zero-order chi connectivity index (χ0) is 14.8. The molecule has 0 fully saturated rings. The van der Waals surface area contributed by atoms with Gasteiger partial charge in [0.1, 0.15) is 0 Å². The highest BCUT2D eigenvalue weighted by Crippen LogP contribution is 2.28. The summed E-state index contributed by atoms with van der Waals surface area (Å²) >= 11 is 1.46. The Morgan fingerprint density at radius 3 is 2.48 bits per heavy atom. The van der Waals surface area contributed by atoms with Crippen molar-refractivity contribution in [1.82, 2.24) is 0 Å². The molecular weight excluding hydrogens is 284 g/mol. The van der Waals surface area contributed by atoms with Gasteiger partial charge in [0, 0.05) is 26.6 Å². The Balaban J connectivity index is 2.08. The summed E-state index contributed by atoms with van der Waals surface area (Å²) in [6.45, 7) is 0. The van der Waals surface area contributed by atoms with E-state index in [4.69, 9.17) is 4.74 Å². The third-order valence-corrected chi connectivity index (χ3v) is 4.24. The zero-order valence-corrected chi connectivity index (χ0v) is 12.1. The highest BCUT2D eigenvalue weighted by molar-refractivity contribution is 7.17. The number of hydrogen-bond acceptors (Lipinski definition) is 4. The largest absolute Gasteiger partial charge is 0.465 e. The van der Waals surface area contributed by atoms with Gasteiger partial charge in [0.25, 0.3) is 0 Å². The number of thiophene rings is 1. The van der Waals surface area contributed by atoms with Crippen molar-refractivity contribution < 1.29 is 14.3 Å². The highest BCUT2D eigenvalue weighted by atomic mass is 32.1. The Bertz CT molecular complexity index is 818. The number of esters is 1. The summed E-state index contributed by atoms with van der Waals surface area (Å²) in [5.74, 6) is -0.440. The van der Waals surface area contributed by atoms with Gasteiger partial charge in [0.2, 0.25) is 0 Å². The van der Waals surface area contributed by atoms with Crippen molar-refractivity contribution in [1.29, 1.82) is 0 Å². The van der Waals surface area contributed by atoms with E-state index in [0.717, 1.165) is 10.1 Å². The number of ether oxygens (including phenoxy) is 1. The summed E-state index contributed by atoms with van der Waals surface area (Å²) in [7, 11) is 1.35. The molecule has 3 nitrogen and oxygen atoms in total. The minimum absolute atomic E-state index is 0.0560. The SMILES string of the molecule is COC(=O)c1csc2ccc(C(=O)c3ccccc3)cc12. The van der Waals surface area contributed by atoms with Crippen molar-refractivity contribution in [3.05, 3.63) is 70.6 Å². The van der Waals surface area contributed by atoms with Crippen molar-refractivity contribution in [3.63, 3.8) is 0 Å². The van der Waals surface area contributed by atoms with E-state index in [1.165, 1.54) is 18.4 Å². The first kappa shape index (κ1) is 13.5. The number of carbonyl (C=O) groups is 2. The molecule has 21 heavy (non-hydrogen) atoms. The van der Waals surface area contributed by atoms with Crippen molar-refractivity contribution in [3.8, 4) is 0 Å². The monoisotopic (exact) mass is 296 g/mol. The van der Waals surface area contributed by atoms with Gasteiger partial charge in [0.05, 0.1) is 12.7 Å². The van der Waals surface area contributed by atoms with Crippen LogP contribution < -0.4 is 0 Å². The van der Waals surface area contributed by atoms with Crippen LogP contribution in [0.1, 0.15) is 26.3 Å². The number of hydrogen-bond donors (Lipinski definition) is 0. The summed E-state index contributed by atoms with van der Waals surface area (Å²) in [4.78, 5) is 24.2. The van der Waals surface area contributed by atoms with Gasteiger partial charge in [-0.2, -0.15) is 0 Å². The van der Waals surface area contributed by atoms with Gasteiger partial charge >= 0.3 is 5.97 Å². The minimum atomic E-state index is -0.384. The molecule has 3 aromatic rings. The van der Waals surface area contributed by atoms with Crippen LogP contribution in [0.5, 0.6) is 0 Å². The summed E-state index contributed by atoms with van der Waals surface area (Å²) < 4.78 is 5.73. The molecule has 104 valence electrons. The number of fused-ring (bicyclic) bond motifs is 1. The molecule has 0 atom stereocenters. The van der Waals surface area contributed by atoms with E-state index in [2.05, 4.69) is 0 Å². The second kappa shape index (κ2) is 5.50. The number of ketones is 1. The molecule has 0 saturated heterocycles. The van der Waals surface area contributed by atoms with Crippen LogP contribution in [0.25, 0.3) is 10.1 Å². The Morgan fingerprint density at radius 1 is 1.00 bits per heavy atom. The fourth-order valence-electron chi connectivity index (χ4n) is 2.19. The zero-order valence-electron chi connectivity index (χ0n) is 11.3. The highest BCUT2D eigenvalue weighted by Gasteiger charge is 2.15. The van der Waals surface area contributed by atoms with Crippen molar-refractivity contribution in [2.24, 2.45) is 0 Å². The lowest BCUT2D eigenvalue weighted by molar-refractivity contribution is 0.0603. The van der Waals surface area contributed by atoms with Crippen LogP contribution in [0, 0.1) is 0 Å². The van der Waals surface area contributed by atoms with E-state index in [-0.39, 0.29) is 11.8 Å². The summed E-state index contributed by atoms with van der Waals surface area (Å²) in [6.07, 6.45) is 0. The quantitative estimate of drug-likeness (QED) is 0.543. The van der Waals surface area contributed by atoms with E-state index in [1.54, 1.807) is 29.6 Å². The van der Waals surface area contributed by atoms with Gasteiger partial charge in [0.15, 0.2) is 5.78 Å². The van der Waals surface area contributed by atoms with Crippen LogP contribution >= 0.6 is 11.3 Å². The Morgan fingerprint density at radius 2 is 1.76 bits per heavy atom. The van der Waals surface area contributed by atoms with Crippen LogP contribution in [0.4, 0.5) is 0 Å². The molecule has 4 heteroatoms. The van der Waals surface area contributed by atoms with Gasteiger partial charge in [-0.05, 0) is 18.2 Å². The van der Waals surface area contributed by atoms with Crippen molar-refractivity contribution >= 4 is 33.2 Å². The Labute approximate surface area is 125 Å². The van der Waals surface area contributed by atoms with Crippen LogP contribution in [0.3, 0.4) is 0 Å². The Hall–Kier alpha value is -2.46. The van der Waals surface area contributed by atoms with Gasteiger partial charge in [-0.1, -0.05) is 30.3 Å². The predicted octanol–water partition coefficient (Wildman–Crippen LogP) is 3.92. The van der Waals surface area contributed by atoms with Crippen LogP contribution in [0.2, 0.25) is 0 Å². The average Bonchev–Trinajstić information content (AvgIpc) is 2.97. The molecule has 0 saturated carbocycles. The fraction of sp³-hybridized carbons (Fsp3) is 0.0588. The minimum Gasteiger partial charge on any atom is -0.465 e. The standard InChI is InChI=1S/C17H12O3S/c1-20-17(19)14-10-21-15-8-7-12(9-13(14)15)16(18)11-5-3-2-4-6-11/h2-10H,1H3. The third kappa shape index (κ3) is 2.45.